The lowest BCUT2D eigenvalue weighted by Crippen LogP contribution is -2.46. The minimum atomic E-state index is -3.56. The van der Waals surface area contributed by atoms with Crippen molar-refractivity contribution in [2.24, 2.45) is 5.92 Å². The Balaban J connectivity index is 1.64. The Morgan fingerprint density at radius 3 is 2.19 bits per heavy atom. The van der Waals surface area contributed by atoms with Crippen LogP contribution in [0.1, 0.15) is 31.2 Å². The van der Waals surface area contributed by atoms with Crippen molar-refractivity contribution in [3.05, 3.63) is 29.8 Å². The van der Waals surface area contributed by atoms with Gasteiger partial charge >= 0.3 is 5.97 Å². The molecule has 0 radical (unpaired) electrons. The van der Waals surface area contributed by atoms with Crippen molar-refractivity contribution in [2.45, 2.75) is 43.5 Å². The SMILES string of the molecule is Cc1ccc(S(=O)(=O)N2CCC(C(=O)N(CC(=O)O)C3CC3)CC2)cc1. The number of amides is 1. The number of piperidine rings is 1. The van der Waals surface area contributed by atoms with Crippen molar-refractivity contribution < 1.29 is 23.1 Å². The first-order valence-corrected chi connectivity index (χ1v) is 10.3. The third-order valence-corrected chi connectivity index (χ3v) is 6.95. The van der Waals surface area contributed by atoms with Crippen LogP contribution in [0.4, 0.5) is 0 Å². The van der Waals surface area contributed by atoms with Crippen LogP contribution in [0.3, 0.4) is 0 Å². The maximum atomic E-state index is 12.7. The lowest BCUT2D eigenvalue weighted by Gasteiger charge is -2.33. The van der Waals surface area contributed by atoms with E-state index in [0.717, 1.165) is 18.4 Å². The molecule has 1 aromatic rings. The number of aryl methyl sites for hydroxylation is 1. The third kappa shape index (κ3) is 4.07. The normalized spacial score (nSPS) is 19.3. The molecule has 0 bridgehead atoms. The molecule has 1 aliphatic carbocycles. The van der Waals surface area contributed by atoms with E-state index in [0.29, 0.717) is 12.8 Å². The van der Waals surface area contributed by atoms with Gasteiger partial charge in [0, 0.05) is 25.0 Å². The number of aliphatic carboxylic acids is 1. The molecule has 0 aromatic heterocycles. The van der Waals surface area contributed by atoms with Crippen LogP contribution in [0, 0.1) is 12.8 Å². The highest BCUT2D eigenvalue weighted by Crippen LogP contribution is 2.31. The number of benzene rings is 1. The summed E-state index contributed by atoms with van der Waals surface area (Å²) in [6.45, 7) is 2.18. The van der Waals surface area contributed by atoms with Gasteiger partial charge in [-0.1, -0.05) is 17.7 Å². The van der Waals surface area contributed by atoms with Crippen LogP contribution in [0.25, 0.3) is 0 Å². The van der Waals surface area contributed by atoms with Crippen LogP contribution in [0.15, 0.2) is 29.2 Å². The number of rotatable bonds is 6. The molecule has 3 rings (SSSR count). The summed E-state index contributed by atoms with van der Waals surface area (Å²) in [5.41, 5.74) is 0.992. The highest BCUT2D eigenvalue weighted by atomic mass is 32.2. The van der Waals surface area contributed by atoms with Gasteiger partial charge in [0.05, 0.1) is 4.90 Å². The maximum Gasteiger partial charge on any atom is 0.323 e. The first-order valence-electron chi connectivity index (χ1n) is 8.88. The molecular weight excluding hydrogens is 356 g/mol. The van der Waals surface area contributed by atoms with Crippen molar-refractivity contribution in [1.82, 2.24) is 9.21 Å². The number of carboxylic acids is 1. The van der Waals surface area contributed by atoms with Gasteiger partial charge in [-0.2, -0.15) is 4.31 Å². The minimum Gasteiger partial charge on any atom is -0.480 e. The number of nitrogens with zero attached hydrogens (tertiary/aromatic N) is 2. The van der Waals surface area contributed by atoms with Gasteiger partial charge in [0.2, 0.25) is 15.9 Å². The Labute approximate surface area is 153 Å². The fourth-order valence-electron chi connectivity index (χ4n) is 3.36. The zero-order valence-electron chi connectivity index (χ0n) is 14.8. The number of hydrogen-bond donors (Lipinski definition) is 1. The number of carbonyl (C=O) groups is 2. The predicted molar refractivity (Wildman–Crippen MR) is 95.0 cm³/mol. The summed E-state index contributed by atoms with van der Waals surface area (Å²) in [6, 6.07) is 6.77. The van der Waals surface area contributed by atoms with Gasteiger partial charge in [0.15, 0.2) is 0 Å². The fourth-order valence-corrected chi connectivity index (χ4v) is 4.83. The molecule has 0 unspecified atom stereocenters. The fraction of sp³-hybridized carbons (Fsp3) is 0.556. The summed E-state index contributed by atoms with van der Waals surface area (Å²) in [5.74, 6) is -1.47. The quantitative estimate of drug-likeness (QED) is 0.806. The van der Waals surface area contributed by atoms with Crippen LogP contribution in [-0.4, -0.2) is 60.3 Å². The molecule has 2 aliphatic rings. The molecular formula is C18H24N2O5S. The van der Waals surface area contributed by atoms with E-state index in [1.807, 2.05) is 6.92 Å². The maximum absolute atomic E-state index is 12.7. The van der Waals surface area contributed by atoms with Crippen molar-refractivity contribution >= 4 is 21.9 Å². The second-order valence-corrected chi connectivity index (χ2v) is 9.02. The number of carbonyl (C=O) groups excluding carboxylic acids is 1. The Bertz CT molecular complexity index is 778. The van der Waals surface area contributed by atoms with Gasteiger partial charge in [-0.15, -0.1) is 0 Å². The van der Waals surface area contributed by atoms with Crippen molar-refractivity contribution in [1.29, 1.82) is 0 Å². The Morgan fingerprint density at radius 2 is 1.69 bits per heavy atom. The number of carboxylic acid groups (broad SMARTS) is 1. The summed E-state index contributed by atoms with van der Waals surface area (Å²) in [6.07, 6.45) is 2.54. The lowest BCUT2D eigenvalue weighted by molar-refractivity contribution is -0.147. The van der Waals surface area contributed by atoms with Crippen LogP contribution in [0.5, 0.6) is 0 Å². The zero-order chi connectivity index (χ0) is 18.9. The van der Waals surface area contributed by atoms with E-state index in [-0.39, 0.29) is 42.4 Å². The van der Waals surface area contributed by atoms with Gasteiger partial charge in [0.25, 0.3) is 0 Å². The minimum absolute atomic E-state index is 0.0351. The van der Waals surface area contributed by atoms with Gasteiger partial charge in [-0.3, -0.25) is 9.59 Å². The molecule has 1 saturated carbocycles. The molecule has 1 amide bonds. The summed E-state index contributed by atoms with van der Waals surface area (Å²) >= 11 is 0. The Kier molecular flexibility index (Phi) is 5.34. The van der Waals surface area contributed by atoms with Crippen LogP contribution in [0.2, 0.25) is 0 Å². The summed E-state index contributed by atoms with van der Waals surface area (Å²) < 4.78 is 26.9. The van der Waals surface area contributed by atoms with Crippen LogP contribution >= 0.6 is 0 Å². The molecule has 0 spiro atoms. The van der Waals surface area contributed by atoms with E-state index in [9.17, 15) is 18.0 Å². The first kappa shape index (κ1) is 18.8. The van der Waals surface area contributed by atoms with Gasteiger partial charge in [-0.05, 0) is 44.7 Å². The largest absolute Gasteiger partial charge is 0.480 e. The van der Waals surface area contributed by atoms with Crippen LogP contribution < -0.4 is 0 Å². The Hall–Kier alpha value is -1.93. The molecule has 2 fully saturated rings. The average Bonchev–Trinajstić information content (AvgIpc) is 3.44. The van der Waals surface area contributed by atoms with Gasteiger partial charge < -0.3 is 10.0 Å². The number of sulfonamides is 1. The van der Waals surface area contributed by atoms with E-state index in [2.05, 4.69) is 0 Å². The first-order chi connectivity index (χ1) is 12.3. The van der Waals surface area contributed by atoms with Crippen LogP contribution in [-0.2, 0) is 19.6 Å². The molecule has 8 heteroatoms. The summed E-state index contributed by atoms with van der Waals surface area (Å²) in [5, 5.41) is 9.02. The second-order valence-electron chi connectivity index (χ2n) is 7.08. The molecule has 1 aromatic carbocycles. The zero-order valence-corrected chi connectivity index (χ0v) is 15.6. The van der Waals surface area contributed by atoms with E-state index < -0.39 is 16.0 Å². The van der Waals surface area contributed by atoms with E-state index in [1.165, 1.54) is 9.21 Å². The topological polar surface area (TPSA) is 95.0 Å². The van der Waals surface area contributed by atoms with Crippen molar-refractivity contribution in [2.75, 3.05) is 19.6 Å². The molecule has 26 heavy (non-hydrogen) atoms. The van der Waals surface area contributed by atoms with Crippen molar-refractivity contribution in [3.63, 3.8) is 0 Å². The second kappa shape index (κ2) is 7.36. The average molecular weight is 380 g/mol. The standard InChI is InChI=1S/C18H24N2O5S/c1-13-2-6-16(7-3-13)26(24,25)19-10-8-14(9-11-19)18(23)20(12-17(21)22)15-4-5-15/h2-3,6-7,14-15H,4-5,8-12H2,1H3,(H,21,22). The molecule has 142 valence electrons. The Morgan fingerprint density at radius 1 is 1.12 bits per heavy atom. The third-order valence-electron chi connectivity index (χ3n) is 5.04. The predicted octanol–water partition coefficient (Wildman–Crippen LogP) is 1.47. The number of hydrogen-bond acceptors (Lipinski definition) is 4. The molecule has 1 aliphatic heterocycles. The molecule has 1 N–H and O–H groups in total. The monoisotopic (exact) mass is 380 g/mol. The highest BCUT2D eigenvalue weighted by molar-refractivity contribution is 7.89. The summed E-state index contributed by atoms with van der Waals surface area (Å²) in [4.78, 5) is 25.4. The molecule has 1 saturated heterocycles. The van der Waals surface area contributed by atoms with Gasteiger partial charge in [0.1, 0.15) is 6.54 Å². The molecule has 7 nitrogen and oxygen atoms in total. The van der Waals surface area contributed by atoms with Gasteiger partial charge in [-0.25, -0.2) is 8.42 Å². The lowest BCUT2D eigenvalue weighted by atomic mass is 9.96. The smallest absolute Gasteiger partial charge is 0.323 e. The molecule has 1 heterocycles. The molecule has 0 atom stereocenters. The summed E-state index contributed by atoms with van der Waals surface area (Å²) in [7, 11) is -3.56. The van der Waals surface area contributed by atoms with E-state index in [1.54, 1.807) is 24.3 Å². The highest BCUT2D eigenvalue weighted by Gasteiger charge is 2.39. The van der Waals surface area contributed by atoms with E-state index >= 15 is 0 Å². The van der Waals surface area contributed by atoms with E-state index in [4.69, 9.17) is 5.11 Å². The van der Waals surface area contributed by atoms with Crippen molar-refractivity contribution in [3.8, 4) is 0 Å².